The summed E-state index contributed by atoms with van der Waals surface area (Å²) in [6.07, 6.45) is -0.796. The summed E-state index contributed by atoms with van der Waals surface area (Å²) in [6.45, 7) is 6.20. The van der Waals surface area contributed by atoms with E-state index in [1.165, 1.54) is 12.5 Å². The summed E-state index contributed by atoms with van der Waals surface area (Å²) in [5, 5.41) is 3.36. The molecule has 1 aromatic rings. The Hall–Kier alpha value is -1.19. The zero-order valence-corrected chi connectivity index (χ0v) is 12.2. The Bertz CT molecular complexity index is 457. The molecule has 1 fully saturated rings. The van der Waals surface area contributed by atoms with Gasteiger partial charge < -0.3 is 5.32 Å². The molecule has 1 aliphatic carbocycles. The van der Waals surface area contributed by atoms with Crippen molar-refractivity contribution in [2.24, 2.45) is 11.8 Å². The minimum atomic E-state index is -4.28. The first-order chi connectivity index (χ1) is 9.29. The lowest BCUT2D eigenvalue weighted by molar-refractivity contribution is -0.137. The number of rotatable bonds is 2. The number of alkyl halides is 3. The van der Waals surface area contributed by atoms with Crippen LogP contribution in [0.4, 0.5) is 18.9 Å². The standard InChI is InChI=1S/C16H22F3N/c1-10-7-8-13(16(17,18)19)9-14(10)20-15-11(2)5-4-6-12(15)3/h7-9,11-12,15,20H,4-6H2,1-3H3. The van der Waals surface area contributed by atoms with Crippen molar-refractivity contribution in [2.75, 3.05) is 5.32 Å². The summed E-state index contributed by atoms with van der Waals surface area (Å²) < 4.78 is 38.4. The molecule has 4 heteroatoms. The van der Waals surface area contributed by atoms with Crippen LogP contribution in [-0.4, -0.2) is 6.04 Å². The lowest BCUT2D eigenvalue weighted by Gasteiger charge is -2.36. The SMILES string of the molecule is Cc1ccc(C(F)(F)F)cc1NC1C(C)CCCC1C. The molecule has 0 bridgehead atoms. The highest BCUT2D eigenvalue weighted by Gasteiger charge is 2.32. The molecule has 0 amide bonds. The molecule has 2 atom stereocenters. The molecule has 1 aliphatic rings. The predicted molar refractivity (Wildman–Crippen MR) is 75.8 cm³/mol. The Balaban J connectivity index is 2.24. The zero-order chi connectivity index (χ0) is 14.9. The fraction of sp³-hybridized carbons (Fsp3) is 0.625. The van der Waals surface area contributed by atoms with Gasteiger partial charge in [0.15, 0.2) is 0 Å². The average Bonchev–Trinajstić information content (AvgIpc) is 2.34. The van der Waals surface area contributed by atoms with E-state index in [9.17, 15) is 13.2 Å². The van der Waals surface area contributed by atoms with E-state index in [-0.39, 0.29) is 6.04 Å². The van der Waals surface area contributed by atoms with Crippen molar-refractivity contribution >= 4 is 5.69 Å². The number of halogens is 3. The highest BCUT2D eigenvalue weighted by molar-refractivity contribution is 5.54. The van der Waals surface area contributed by atoms with Gasteiger partial charge in [-0.2, -0.15) is 13.2 Å². The maximum Gasteiger partial charge on any atom is 0.416 e. The first kappa shape index (κ1) is 15.2. The average molecular weight is 285 g/mol. The van der Waals surface area contributed by atoms with Crippen LogP contribution in [0, 0.1) is 18.8 Å². The maximum absolute atomic E-state index is 12.8. The molecule has 0 spiro atoms. The van der Waals surface area contributed by atoms with Crippen LogP contribution in [0.3, 0.4) is 0 Å². The highest BCUT2D eigenvalue weighted by Crippen LogP contribution is 2.35. The molecule has 2 rings (SSSR count). The number of nitrogens with one attached hydrogen (secondary N) is 1. The van der Waals surface area contributed by atoms with Gasteiger partial charge in [0, 0.05) is 11.7 Å². The van der Waals surface area contributed by atoms with E-state index in [4.69, 9.17) is 0 Å². The molecular formula is C16H22F3N. The molecule has 1 aromatic carbocycles. The fourth-order valence-electron chi connectivity index (χ4n) is 3.10. The van der Waals surface area contributed by atoms with E-state index in [0.29, 0.717) is 17.5 Å². The third-order valence-electron chi connectivity index (χ3n) is 4.43. The number of hydrogen-bond donors (Lipinski definition) is 1. The van der Waals surface area contributed by atoms with Gasteiger partial charge in [0.25, 0.3) is 0 Å². The van der Waals surface area contributed by atoms with E-state index in [1.807, 2.05) is 6.92 Å². The van der Waals surface area contributed by atoms with E-state index in [0.717, 1.165) is 24.5 Å². The number of aryl methyl sites for hydroxylation is 1. The molecule has 2 unspecified atom stereocenters. The highest BCUT2D eigenvalue weighted by atomic mass is 19.4. The monoisotopic (exact) mass is 285 g/mol. The molecule has 1 N–H and O–H groups in total. The molecule has 0 saturated heterocycles. The van der Waals surface area contributed by atoms with Crippen LogP contribution in [0.5, 0.6) is 0 Å². The van der Waals surface area contributed by atoms with Gasteiger partial charge in [0.05, 0.1) is 5.56 Å². The summed E-state index contributed by atoms with van der Waals surface area (Å²) in [5.41, 5.74) is 0.898. The Morgan fingerprint density at radius 3 is 2.25 bits per heavy atom. The molecule has 1 saturated carbocycles. The van der Waals surface area contributed by atoms with Crippen molar-refractivity contribution in [3.63, 3.8) is 0 Å². The van der Waals surface area contributed by atoms with E-state index < -0.39 is 11.7 Å². The summed E-state index contributed by atoms with van der Waals surface area (Å²) in [7, 11) is 0. The minimum absolute atomic E-state index is 0.255. The summed E-state index contributed by atoms with van der Waals surface area (Å²) in [5.74, 6) is 0.986. The zero-order valence-electron chi connectivity index (χ0n) is 12.2. The topological polar surface area (TPSA) is 12.0 Å². The van der Waals surface area contributed by atoms with Gasteiger partial charge in [-0.05, 0) is 49.3 Å². The van der Waals surface area contributed by atoms with Crippen LogP contribution in [0.15, 0.2) is 18.2 Å². The van der Waals surface area contributed by atoms with E-state index in [2.05, 4.69) is 19.2 Å². The van der Waals surface area contributed by atoms with Crippen molar-refractivity contribution in [2.45, 2.75) is 52.3 Å². The molecule has 0 aromatic heterocycles. The molecule has 1 nitrogen and oxygen atoms in total. The molecule has 112 valence electrons. The van der Waals surface area contributed by atoms with Crippen LogP contribution >= 0.6 is 0 Å². The second-order valence-corrected chi connectivity index (χ2v) is 6.08. The normalized spacial score (nSPS) is 27.4. The predicted octanol–water partition coefficient (Wildman–Crippen LogP) is 5.25. The third kappa shape index (κ3) is 3.28. The van der Waals surface area contributed by atoms with Gasteiger partial charge in [0.2, 0.25) is 0 Å². The minimum Gasteiger partial charge on any atom is -0.382 e. The quantitative estimate of drug-likeness (QED) is 0.782. The first-order valence-electron chi connectivity index (χ1n) is 7.23. The summed E-state index contributed by atoms with van der Waals surface area (Å²) in [6, 6.07) is 4.19. The third-order valence-corrected chi connectivity index (χ3v) is 4.43. The Morgan fingerprint density at radius 2 is 1.70 bits per heavy atom. The van der Waals surface area contributed by atoms with Crippen LogP contribution < -0.4 is 5.32 Å². The maximum atomic E-state index is 12.8. The summed E-state index contributed by atoms with van der Waals surface area (Å²) in [4.78, 5) is 0. The van der Waals surface area contributed by atoms with Gasteiger partial charge in [-0.3, -0.25) is 0 Å². The van der Waals surface area contributed by atoms with Gasteiger partial charge in [0.1, 0.15) is 0 Å². The van der Waals surface area contributed by atoms with Crippen LogP contribution in [0.1, 0.15) is 44.2 Å². The Labute approximate surface area is 118 Å². The second kappa shape index (κ2) is 5.66. The molecule has 0 heterocycles. The van der Waals surface area contributed by atoms with Gasteiger partial charge in [-0.25, -0.2) is 0 Å². The van der Waals surface area contributed by atoms with E-state index >= 15 is 0 Å². The smallest absolute Gasteiger partial charge is 0.382 e. The molecule has 0 aliphatic heterocycles. The Morgan fingerprint density at radius 1 is 1.10 bits per heavy atom. The van der Waals surface area contributed by atoms with Gasteiger partial charge in [-0.1, -0.05) is 26.3 Å². The van der Waals surface area contributed by atoms with E-state index in [1.54, 1.807) is 6.07 Å². The fourth-order valence-corrected chi connectivity index (χ4v) is 3.10. The lowest BCUT2D eigenvalue weighted by atomic mass is 9.78. The van der Waals surface area contributed by atoms with Crippen molar-refractivity contribution in [1.29, 1.82) is 0 Å². The number of hydrogen-bond acceptors (Lipinski definition) is 1. The Kier molecular flexibility index (Phi) is 4.31. The van der Waals surface area contributed by atoms with Gasteiger partial charge in [-0.15, -0.1) is 0 Å². The molecule has 20 heavy (non-hydrogen) atoms. The second-order valence-electron chi connectivity index (χ2n) is 6.08. The molecule has 0 radical (unpaired) electrons. The molecular weight excluding hydrogens is 263 g/mol. The van der Waals surface area contributed by atoms with Crippen LogP contribution in [0.25, 0.3) is 0 Å². The lowest BCUT2D eigenvalue weighted by Crippen LogP contribution is -2.37. The van der Waals surface area contributed by atoms with Crippen molar-refractivity contribution in [3.8, 4) is 0 Å². The van der Waals surface area contributed by atoms with Crippen LogP contribution in [0.2, 0.25) is 0 Å². The first-order valence-corrected chi connectivity index (χ1v) is 7.23. The van der Waals surface area contributed by atoms with Gasteiger partial charge >= 0.3 is 6.18 Å². The van der Waals surface area contributed by atoms with Crippen molar-refractivity contribution < 1.29 is 13.2 Å². The number of anilines is 1. The van der Waals surface area contributed by atoms with Crippen LogP contribution in [-0.2, 0) is 6.18 Å². The number of benzene rings is 1. The largest absolute Gasteiger partial charge is 0.416 e. The van der Waals surface area contributed by atoms with Crippen molar-refractivity contribution in [1.82, 2.24) is 0 Å². The summed E-state index contributed by atoms with van der Waals surface area (Å²) >= 11 is 0. The van der Waals surface area contributed by atoms with Crippen molar-refractivity contribution in [3.05, 3.63) is 29.3 Å².